The van der Waals surface area contributed by atoms with Gasteiger partial charge in [-0.25, -0.2) is 0 Å². The van der Waals surface area contributed by atoms with Crippen molar-refractivity contribution in [2.24, 2.45) is 5.92 Å². The third-order valence-corrected chi connectivity index (χ3v) is 3.66. The summed E-state index contributed by atoms with van der Waals surface area (Å²) >= 11 is 0. The Kier molecular flexibility index (Phi) is 3.83. The third-order valence-electron chi connectivity index (χ3n) is 3.66. The van der Waals surface area contributed by atoms with E-state index in [1.165, 1.54) is 12.8 Å². The van der Waals surface area contributed by atoms with Crippen molar-refractivity contribution in [3.05, 3.63) is 0 Å². The molecule has 90 valence electrons. The Labute approximate surface area is 98.2 Å². The highest BCUT2D eigenvalue weighted by molar-refractivity contribution is 5.12. The second-order valence-electron chi connectivity index (χ2n) is 5.26. The largest absolute Gasteiger partial charge is 0.378 e. The van der Waals surface area contributed by atoms with Gasteiger partial charge in [0, 0.05) is 13.0 Å². The predicted molar refractivity (Wildman–Crippen MR) is 63.0 cm³/mol. The maximum atomic E-state index is 9.28. The van der Waals surface area contributed by atoms with E-state index < -0.39 is 0 Å². The van der Waals surface area contributed by atoms with E-state index in [0.29, 0.717) is 6.10 Å². The molecule has 0 heterocycles. The summed E-state index contributed by atoms with van der Waals surface area (Å²) in [5, 5.41) is 12.7. The lowest BCUT2D eigenvalue weighted by Crippen LogP contribution is -2.42. The van der Waals surface area contributed by atoms with Crippen molar-refractivity contribution in [1.82, 2.24) is 5.32 Å². The molecule has 0 saturated heterocycles. The van der Waals surface area contributed by atoms with Gasteiger partial charge in [0.1, 0.15) is 5.54 Å². The molecule has 0 aliphatic heterocycles. The van der Waals surface area contributed by atoms with E-state index in [4.69, 9.17) is 4.74 Å². The highest BCUT2D eigenvalue weighted by Crippen LogP contribution is 2.34. The SMILES string of the molecule is CCCNC1(C#N)CCC(OCC2CC2)C1. The first-order chi connectivity index (χ1) is 7.78. The Bertz CT molecular complexity index is 270. The van der Waals surface area contributed by atoms with Crippen molar-refractivity contribution in [3.63, 3.8) is 0 Å². The van der Waals surface area contributed by atoms with E-state index in [2.05, 4.69) is 18.3 Å². The molecule has 2 aliphatic carbocycles. The number of hydrogen-bond donors (Lipinski definition) is 1. The third kappa shape index (κ3) is 2.96. The van der Waals surface area contributed by atoms with Gasteiger partial charge in [-0.05, 0) is 44.6 Å². The van der Waals surface area contributed by atoms with Crippen LogP contribution in [0.4, 0.5) is 0 Å². The van der Waals surface area contributed by atoms with Crippen molar-refractivity contribution in [2.75, 3.05) is 13.2 Å². The van der Waals surface area contributed by atoms with E-state index >= 15 is 0 Å². The summed E-state index contributed by atoms with van der Waals surface area (Å²) in [5.41, 5.74) is -0.301. The van der Waals surface area contributed by atoms with Crippen LogP contribution in [0.5, 0.6) is 0 Å². The lowest BCUT2D eigenvalue weighted by atomic mass is 9.99. The maximum absolute atomic E-state index is 9.28. The summed E-state index contributed by atoms with van der Waals surface area (Å²) in [5.74, 6) is 0.820. The monoisotopic (exact) mass is 222 g/mol. The molecule has 1 N–H and O–H groups in total. The number of rotatable bonds is 6. The van der Waals surface area contributed by atoms with E-state index in [1.54, 1.807) is 0 Å². The van der Waals surface area contributed by atoms with Crippen molar-refractivity contribution in [2.45, 2.75) is 57.1 Å². The number of nitrogens with one attached hydrogen (secondary N) is 1. The lowest BCUT2D eigenvalue weighted by molar-refractivity contribution is 0.0474. The van der Waals surface area contributed by atoms with Gasteiger partial charge in [-0.1, -0.05) is 6.92 Å². The first-order valence-electron chi connectivity index (χ1n) is 6.56. The zero-order valence-electron chi connectivity index (χ0n) is 10.2. The number of hydrogen-bond acceptors (Lipinski definition) is 3. The lowest BCUT2D eigenvalue weighted by Gasteiger charge is -2.22. The standard InChI is InChI=1S/C13H22N2O/c1-2-7-15-13(10-14)6-5-12(8-13)16-9-11-3-4-11/h11-12,15H,2-9H2,1H3. The van der Waals surface area contributed by atoms with Gasteiger partial charge >= 0.3 is 0 Å². The van der Waals surface area contributed by atoms with E-state index in [9.17, 15) is 5.26 Å². The predicted octanol–water partition coefficient (Wildman–Crippen LogP) is 2.23. The van der Waals surface area contributed by atoms with Crippen LogP contribution < -0.4 is 5.32 Å². The molecule has 0 radical (unpaired) electrons. The average molecular weight is 222 g/mol. The second-order valence-corrected chi connectivity index (χ2v) is 5.26. The summed E-state index contributed by atoms with van der Waals surface area (Å²) in [6, 6.07) is 2.45. The van der Waals surface area contributed by atoms with Gasteiger partial charge in [-0.15, -0.1) is 0 Å². The summed E-state index contributed by atoms with van der Waals surface area (Å²) < 4.78 is 5.87. The zero-order valence-corrected chi connectivity index (χ0v) is 10.2. The molecule has 0 aromatic heterocycles. The van der Waals surface area contributed by atoms with Crippen LogP contribution >= 0.6 is 0 Å². The number of nitrogens with zero attached hydrogens (tertiary/aromatic N) is 1. The van der Waals surface area contributed by atoms with Crippen molar-refractivity contribution >= 4 is 0 Å². The highest BCUT2D eigenvalue weighted by atomic mass is 16.5. The fourth-order valence-corrected chi connectivity index (χ4v) is 2.37. The molecule has 2 unspecified atom stereocenters. The molecule has 3 nitrogen and oxygen atoms in total. The molecular formula is C13H22N2O. The molecular weight excluding hydrogens is 200 g/mol. The topological polar surface area (TPSA) is 45.0 Å². The second kappa shape index (κ2) is 5.16. The van der Waals surface area contributed by atoms with Gasteiger partial charge in [0.15, 0.2) is 0 Å². The summed E-state index contributed by atoms with van der Waals surface area (Å²) in [7, 11) is 0. The molecule has 0 aromatic rings. The normalized spacial score (nSPS) is 33.9. The van der Waals surface area contributed by atoms with Crippen LogP contribution in [0.2, 0.25) is 0 Å². The molecule has 0 amide bonds. The fraction of sp³-hybridized carbons (Fsp3) is 0.923. The number of ether oxygens (including phenoxy) is 1. The molecule has 0 bridgehead atoms. The minimum absolute atomic E-state index is 0.301. The Morgan fingerprint density at radius 3 is 2.88 bits per heavy atom. The van der Waals surface area contributed by atoms with E-state index in [0.717, 1.165) is 44.8 Å². The van der Waals surface area contributed by atoms with E-state index in [-0.39, 0.29) is 5.54 Å². The molecule has 2 atom stereocenters. The molecule has 0 aromatic carbocycles. The van der Waals surface area contributed by atoms with Gasteiger partial charge in [0.05, 0.1) is 12.2 Å². The van der Waals surface area contributed by atoms with Crippen LogP contribution in [0.3, 0.4) is 0 Å². The van der Waals surface area contributed by atoms with Crippen LogP contribution in [-0.4, -0.2) is 24.8 Å². The Morgan fingerprint density at radius 1 is 1.44 bits per heavy atom. The van der Waals surface area contributed by atoms with Crippen LogP contribution in [0.15, 0.2) is 0 Å². The van der Waals surface area contributed by atoms with Crippen molar-refractivity contribution < 1.29 is 4.74 Å². The Morgan fingerprint density at radius 2 is 2.25 bits per heavy atom. The average Bonchev–Trinajstić information content (AvgIpc) is 3.05. The quantitative estimate of drug-likeness (QED) is 0.749. The maximum Gasteiger partial charge on any atom is 0.109 e. The summed E-state index contributed by atoms with van der Waals surface area (Å²) in [4.78, 5) is 0. The number of nitriles is 1. The smallest absolute Gasteiger partial charge is 0.109 e. The molecule has 3 heteroatoms. The molecule has 0 spiro atoms. The van der Waals surface area contributed by atoms with Crippen molar-refractivity contribution in [1.29, 1.82) is 5.26 Å². The first-order valence-corrected chi connectivity index (χ1v) is 6.56. The summed E-state index contributed by atoms with van der Waals surface area (Å²) in [6.07, 6.45) is 6.92. The summed E-state index contributed by atoms with van der Waals surface area (Å²) in [6.45, 7) is 3.98. The first kappa shape index (κ1) is 11.9. The van der Waals surface area contributed by atoms with Gasteiger partial charge in [-0.2, -0.15) is 5.26 Å². The van der Waals surface area contributed by atoms with Gasteiger partial charge in [-0.3, -0.25) is 5.32 Å². The van der Waals surface area contributed by atoms with Gasteiger partial charge < -0.3 is 4.74 Å². The van der Waals surface area contributed by atoms with Crippen LogP contribution in [0, 0.1) is 17.2 Å². The molecule has 2 saturated carbocycles. The van der Waals surface area contributed by atoms with Crippen LogP contribution in [0.25, 0.3) is 0 Å². The Balaban J connectivity index is 1.76. The fourth-order valence-electron chi connectivity index (χ4n) is 2.37. The van der Waals surface area contributed by atoms with Gasteiger partial charge in [0.2, 0.25) is 0 Å². The van der Waals surface area contributed by atoms with E-state index in [1.807, 2.05) is 0 Å². The molecule has 16 heavy (non-hydrogen) atoms. The molecule has 2 aliphatic rings. The van der Waals surface area contributed by atoms with Gasteiger partial charge in [0.25, 0.3) is 0 Å². The minimum Gasteiger partial charge on any atom is -0.378 e. The van der Waals surface area contributed by atoms with Crippen LogP contribution in [0.1, 0.15) is 45.4 Å². The molecule has 2 rings (SSSR count). The Hall–Kier alpha value is -0.590. The minimum atomic E-state index is -0.301. The molecule has 2 fully saturated rings. The zero-order chi connectivity index (χ0) is 11.4. The highest BCUT2D eigenvalue weighted by Gasteiger charge is 2.39. The van der Waals surface area contributed by atoms with Crippen LogP contribution in [-0.2, 0) is 4.74 Å². The van der Waals surface area contributed by atoms with Crippen molar-refractivity contribution in [3.8, 4) is 6.07 Å².